The molecule has 0 radical (unpaired) electrons. The molecule has 0 saturated heterocycles. The molecule has 1 aromatic carbocycles. The van der Waals surface area contributed by atoms with Crippen LogP contribution in [0.3, 0.4) is 0 Å². The second kappa shape index (κ2) is 5.98. The number of aliphatic hydroxyl groups excluding tert-OH is 1. The summed E-state index contributed by atoms with van der Waals surface area (Å²) in [6, 6.07) is 10.5. The van der Waals surface area contributed by atoms with E-state index in [1.54, 1.807) is 12.1 Å². The van der Waals surface area contributed by atoms with E-state index in [1.807, 2.05) is 0 Å². The molecule has 7 nitrogen and oxygen atoms in total. The van der Waals surface area contributed by atoms with Crippen molar-refractivity contribution in [3.63, 3.8) is 0 Å². The van der Waals surface area contributed by atoms with Gasteiger partial charge in [-0.1, -0.05) is 0 Å². The standard InChI is InChI=1S/C14H11N3O4/c15-9-11-3-6-13(16(7-8-18)14(11)19)10-1-4-12(5-2-10)17(20)21/h1-6,18H,7-8H2. The van der Waals surface area contributed by atoms with E-state index in [4.69, 9.17) is 10.4 Å². The van der Waals surface area contributed by atoms with Crippen LogP contribution in [0.15, 0.2) is 41.2 Å². The molecule has 1 aromatic heterocycles. The maximum Gasteiger partial charge on any atom is 0.269 e. The minimum absolute atomic E-state index is 0.0193. The number of aliphatic hydroxyl groups is 1. The van der Waals surface area contributed by atoms with E-state index in [0.717, 1.165) is 0 Å². The summed E-state index contributed by atoms with van der Waals surface area (Å²) in [4.78, 5) is 22.2. The quantitative estimate of drug-likeness (QED) is 0.672. The van der Waals surface area contributed by atoms with Gasteiger partial charge in [-0.2, -0.15) is 5.26 Å². The summed E-state index contributed by atoms with van der Waals surface area (Å²) in [5.41, 5.74) is 0.513. The lowest BCUT2D eigenvalue weighted by Crippen LogP contribution is -2.25. The molecule has 0 bridgehead atoms. The van der Waals surface area contributed by atoms with E-state index in [1.165, 1.54) is 34.9 Å². The molecule has 21 heavy (non-hydrogen) atoms. The zero-order chi connectivity index (χ0) is 15.4. The van der Waals surface area contributed by atoms with Gasteiger partial charge in [-0.05, 0) is 29.8 Å². The van der Waals surface area contributed by atoms with Crippen molar-refractivity contribution in [2.45, 2.75) is 6.54 Å². The number of nitro benzene ring substituents is 1. The Balaban J connectivity index is 2.58. The van der Waals surface area contributed by atoms with Crippen LogP contribution in [0.25, 0.3) is 11.3 Å². The van der Waals surface area contributed by atoms with Crippen molar-refractivity contribution in [2.24, 2.45) is 0 Å². The summed E-state index contributed by atoms with van der Waals surface area (Å²) in [6.07, 6.45) is 0. The number of non-ortho nitro benzene ring substituents is 1. The summed E-state index contributed by atoms with van der Waals surface area (Å²) < 4.78 is 1.28. The third-order valence-electron chi connectivity index (χ3n) is 2.99. The van der Waals surface area contributed by atoms with E-state index in [0.29, 0.717) is 11.3 Å². The first-order valence-electron chi connectivity index (χ1n) is 6.08. The van der Waals surface area contributed by atoms with Crippen LogP contribution in [0, 0.1) is 21.4 Å². The van der Waals surface area contributed by atoms with Crippen molar-refractivity contribution in [3.05, 3.63) is 62.4 Å². The smallest absolute Gasteiger partial charge is 0.269 e. The molecule has 0 aliphatic rings. The molecule has 0 amide bonds. The molecule has 1 heterocycles. The molecular weight excluding hydrogens is 274 g/mol. The lowest BCUT2D eigenvalue weighted by molar-refractivity contribution is -0.384. The molecule has 0 spiro atoms. The zero-order valence-electron chi connectivity index (χ0n) is 10.9. The van der Waals surface area contributed by atoms with E-state index < -0.39 is 10.5 Å². The molecule has 106 valence electrons. The van der Waals surface area contributed by atoms with Crippen LogP contribution in [0.4, 0.5) is 5.69 Å². The Morgan fingerprint density at radius 1 is 1.24 bits per heavy atom. The fourth-order valence-electron chi connectivity index (χ4n) is 1.99. The summed E-state index contributed by atoms with van der Waals surface area (Å²) in [6.45, 7) is -0.213. The Hall–Kier alpha value is -2.98. The Kier molecular flexibility index (Phi) is 4.11. The van der Waals surface area contributed by atoms with Gasteiger partial charge in [-0.25, -0.2) is 0 Å². The Bertz CT molecular complexity index is 772. The molecule has 7 heteroatoms. The monoisotopic (exact) mass is 285 g/mol. The molecule has 0 aliphatic carbocycles. The van der Waals surface area contributed by atoms with Gasteiger partial charge in [-0.15, -0.1) is 0 Å². The molecule has 0 saturated carbocycles. The van der Waals surface area contributed by atoms with Gasteiger partial charge >= 0.3 is 0 Å². The average Bonchev–Trinajstić information content (AvgIpc) is 2.49. The predicted molar refractivity (Wildman–Crippen MR) is 74.6 cm³/mol. The Morgan fingerprint density at radius 2 is 1.90 bits per heavy atom. The maximum absolute atomic E-state index is 12.1. The van der Waals surface area contributed by atoms with Gasteiger partial charge in [0.05, 0.1) is 17.2 Å². The third-order valence-corrected chi connectivity index (χ3v) is 2.99. The van der Waals surface area contributed by atoms with Crippen molar-refractivity contribution in [2.75, 3.05) is 6.61 Å². The largest absolute Gasteiger partial charge is 0.395 e. The summed E-state index contributed by atoms with van der Waals surface area (Å²) in [5.74, 6) is 0. The van der Waals surface area contributed by atoms with Crippen LogP contribution < -0.4 is 5.56 Å². The summed E-state index contributed by atoms with van der Waals surface area (Å²) in [5, 5.41) is 28.6. The minimum atomic E-state index is -0.511. The van der Waals surface area contributed by atoms with Gasteiger partial charge in [-0.3, -0.25) is 14.9 Å². The average molecular weight is 285 g/mol. The van der Waals surface area contributed by atoms with Crippen molar-refractivity contribution >= 4 is 5.69 Å². The first-order chi connectivity index (χ1) is 10.1. The van der Waals surface area contributed by atoms with Crippen molar-refractivity contribution in [3.8, 4) is 17.3 Å². The molecule has 0 aliphatic heterocycles. The highest BCUT2D eigenvalue weighted by Gasteiger charge is 2.11. The second-order valence-corrected chi connectivity index (χ2v) is 4.23. The highest BCUT2D eigenvalue weighted by molar-refractivity contribution is 5.62. The van der Waals surface area contributed by atoms with Gasteiger partial charge in [0, 0.05) is 18.7 Å². The number of pyridine rings is 1. The normalized spacial score (nSPS) is 10.1. The maximum atomic E-state index is 12.1. The molecule has 0 atom stereocenters. The van der Waals surface area contributed by atoms with Gasteiger partial charge in [0.1, 0.15) is 11.6 Å². The second-order valence-electron chi connectivity index (χ2n) is 4.23. The number of aromatic nitrogens is 1. The van der Waals surface area contributed by atoms with Crippen molar-refractivity contribution in [1.82, 2.24) is 4.57 Å². The van der Waals surface area contributed by atoms with Crippen LogP contribution in [-0.2, 0) is 6.54 Å². The Morgan fingerprint density at radius 3 is 2.43 bits per heavy atom. The Labute approximate surface area is 119 Å². The number of benzene rings is 1. The molecule has 1 N–H and O–H groups in total. The van der Waals surface area contributed by atoms with Gasteiger partial charge < -0.3 is 9.67 Å². The molecule has 2 rings (SSSR count). The fraction of sp³-hybridized carbons (Fsp3) is 0.143. The highest BCUT2D eigenvalue weighted by Crippen LogP contribution is 2.21. The van der Waals surface area contributed by atoms with Crippen LogP contribution >= 0.6 is 0 Å². The number of hydrogen-bond donors (Lipinski definition) is 1. The first-order valence-corrected chi connectivity index (χ1v) is 6.08. The van der Waals surface area contributed by atoms with Gasteiger partial charge in [0.15, 0.2) is 0 Å². The zero-order valence-corrected chi connectivity index (χ0v) is 10.9. The van der Waals surface area contributed by atoms with Crippen LogP contribution in [-0.4, -0.2) is 21.2 Å². The van der Waals surface area contributed by atoms with E-state index >= 15 is 0 Å². The fourth-order valence-corrected chi connectivity index (χ4v) is 1.99. The highest BCUT2D eigenvalue weighted by atomic mass is 16.6. The van der Waals surface area contributed by atoms with Crippen molar-refractivity contribution < 1.29 is 10.0 Å². The third kappa shape index (κ3) is 2.80. The lowest BCUT2D eigenvalue weighted by atomic mass is 10.1. The van der Waals surface area contributed by atoms with Gasteiger partial charge in [0.2, 0.25) is 0 Å². The van der Waals surface area contributed by atoms with E-state index in [9.17, 15) is 14.9 Å². The predicted octanol–water partition coefficient (Wildman–Crippen LogP) is 1.29. The van der Waals surface area contributed by atoms with Gasteiger partial charge in [0.25, 0.3) is 11.2 Å². The summed E-state index contributed by atoms with van der Waals surface area (Å²) in [7, 11) is 0. The number of nitrogens with zero attached hydrogens (tertiary/aromatic N) is 3. The van der Waals surface area contributed by atoms with Crippen LogP contribution in [0.2, 0.25) is 0 Å². The SMILES string of the molecule is N#Cc1ccc(-c2ccc([N+](=O)[O-])cc2)n(CCO)c1=O. The molecular formula is C14H11N3O4. The van der Waals surface area contributed by atoms with Crippen LogP contribution in [0.5, 0.6) is 0 Å². The van der Waals surface area contributed by atoms with Crippen molar-refractivity contribution in [1.29, 1.82) is 5.26 Å². The number of nitro groups is 1. The molecule has 0 fully saturated rings. The number of rotatable bonds is 4. The molecule has 2 aromatic rings. The topological polar surface area (TPSA) is 109 Å². The lowest BCUT2D eigenvalue weighted by Gasteiger charge is -2.12. The number of hydrogen-bond acceptors (Lipinski definition) is 5. The van der Waals surface area contributed by atoms with Crippen LogP contribution in [0.1, 0.15) is 5.56 Å². The summed E-state index contributed by atoms with van der Waals surface area (Å²) >= 11 is 0. The van der Waals surface area contributed by atoms with E-state index in [2.05, 4.69) is 0 Å². The first kappa shape index (κ1) is 14.4. The number of nitriles is 1. The minimum Gasteiger partial charge on any atom is -0.395 e. The molecule has 0 unspecified atom stereocenters. The van der Waals surface area contributed by atoms with E-state index in [-0.39, 0.29) is 24.4 Å².